The largest absolute Gasteiger partial charge is 0.279 e. The van der Waals surface area contributed by atoms with Crippen LogP contribution in [-0.2, 0) is 0 Å². The van der Waals surface area contributed by atoms with Gasteiger partial charge in [0.15, 0.2) is 0 Å². The van der Waals surface area contributed by atoms with E-state index in [0.29, 0.717) is 15.1 Å². The number of rotatable bonds is 2. The van der Waals surface area contributed by atoms with Crippen LogP contribution in [0, 0.1) is 0 Å². The lowest BCUT2D eigenvalue weighted by Gasteiger charge is -2.04. The first-order chi connectivity index (χ1) is 9.08. The summed E-state index contributed by atoms with van der Waals surface area (Å²) in [6.45, 7) is 0. The van der Waals surface area contributed by atoms with Gasteiger partial charge in [-0.2, -0.15) is 0 Å². The van der Waals surface area contributed by atoms with Gasteiger partial charge in [0.05, 0.1) is 12.6 Å². The minimum Gasteiger partial charge on any atom is -0.277 e. The van der Waals surface area contributed by atoms with Crippen molar-refractivity contribution in [1.29, 1.82) is 0 Å². The Morgan fingerprint density at radius 1 is 0.895 bits per heavy atom. The van der Waals surface area contributed by atoms with Crippen molar-refractivity contribution in [2.45, 2.75) is 0 Å². The van der Waals surface area contributed by atoms with E-state index >= 15 is 0 Å². The highest BCUT2D eigenvalue weighted by Crippen LogP contribution is 2.20. The number of halogens is 3. The van der Waals surface area contributed by atoms with Crippen LogP contribution in [0.1, 0.15) is 5.56 Å². The van der Waals surface area contributed by atoms with E-state index in [0.717, 1.165) is 17.1 Å². The quantitative estimate of drug-likeness (QED) is 0.646. The number of amidine groups is 1. The SMILES string of the molecule is C[NH+]=C(Nc1ccc(Cl)cc1)c1cc(Cl)cc(Cl)c1. The smallest absolute Gasteiger partial charge is 0.277 e. The van der Waals surface area contributed by atoms with Crippen molar-refractivity contribution in [3.05, 3.63) is 63.1 Å². The Balaban J connectivity index is 2.28. The van der Waals surface area contributed by atoms with Crippen molar-refractivity contribution in [1.82, 2.24) is 0 Å². The molecule has 98 valence electrons. The lowest BCUT2D eigenvalue weighted by Crippen LogP contribution is -2.70. The molecule has 0 heterocycles. The van der Waals surface area contributed by atoms with Crippen LogP contribution in [0.5, 0.6) is 0 Å². The molecule has 0 saturated carbocycles. The van der Waals surface area contributed by atoms with Crippen LogP contribution in [0.15, 0.2) is 42.5 Å². The minimum absolute atomic E-state index is 0.591. The Kier molecular flexibility index (Phi) is 4.70. The van der Waals surface area contributed by atoms with Gasteiger partial charge in [-0.25, -0.2) is 5.32 Å². The van der Waals surface area contributed by atoms with E-state index < -0.39 is 0 Å². The molecule has 0 aromatic heterocycles. The second-order valence-corrected chi connectivity index (χ2v) is 5.22. The van der Waals surface area contributed by atoms with Crippen molar-refractivity contribution in [2.24, 2.45) is 0 Å². The van der Waals surface area contributed by atoms with Crippen LogP contribution in [0.2, 0.25) is 15.1 Å². The first kappa shape index (κ1) is 14.2. The average molecular weight is 315 g/mol. The van der Waals surface area contributed by atoms with Crippen LogP contribution >= 0.6 is 34.8 Å². The van der Waals surface area contributed by atoms with E-state index in [9.17, 15) is 0 Å². The molecule has 2 nitrogen and oxygen atoms in total. The Labute approximate surface area is 127 Å². The predicted octanol–water partition coefficient (Wildman–Crippen LogP) is 3.22. The highest BCUT2D eigenvalue weighted by molar-refractivity contribution is 6.35. The topological polar surface area (TPSA) is 26.0 Å². The summed E-state index contributed by atoms with van der Waals surface area (Å²) in [6, 6.07) is 12.8. The zero-order valence-corrected chi connectivity index (χ0v) is 12.4. The molecule has 0 fully saturated rings. The van der Waals surface area contributed by atoms with Gasteiger partial charge in [0.1, 0.15) is 5.69 Å². The summed E-state index contributed by atoms with van der Waals surface area (Å²) in [7, 11) is 1.83. The number of anilines is 1. The van der Waals surface area contributed by atoms with Crippen molar-refractivity contribution >= 4 is 46.3 Å². The van der Waals surface area contributed by atoms with Crippen LogP contribution in [0.4, 0.5) is 5.69 Å². The fourth-order valence-electron chi connectivity index (χ4n) is 1.65. The van der Waals surface area contributed by atoms with Crippen LogP contribution in [-0.4, -0.2) is 12.9 Å². The monoisotopic (exact) mass is 313 g/mol. The van der Waals surface area contributed by atoms with Gasteiger partial charge in [0.2, 0.25) is 0 Å². The highest BCUT2D eigenvalue weighted by Gasteiger charge is 2.12. The fraction of sp³-hybridized carbons (Fsp3) is 0.0714. The van der Waals surface area contributed by atoms with Gasteiger partial charge in [0.25, 0.3) is 5.84 Å². The first-order valence-corrected chi connectivity index (χ1v) is 6.75. The molecule has 0 aliphatic rings. The molecule has 0 amide bonds. The molecule has 0 spiro atoms. The Morgan fingerprint density at radius 3 is 2.00 bits per heavy atom. The molecular weight excluding hydrogens is 303 g/mol. The normalized spacial score (nSPS) is 11.5. The number of hydrogen-bond acceptors (Lipinski definition) is 0. The first-order valence-electron chi connectivity index (χ1n) is 5.62. The molecule has 19 heavy (non-hydrogen) atoms. The van der Waals surface area contributed by atoms with E-state index in [1.54, 1.807) is 6.07 Å². The number of hydrogen-bond donors (Lipinski definition) is 2. The summed E-state index contributed by atoms with van der Waals surface area (Å²) < 4.78 is 0. The summed E-state index contributed by atoms with van der Waals surface area (Å²) in [5, 5.41) is 5.13. The second kappa shape index (κ2) is 6.29. The Bertz CT molecular complexity index is 586. The summed E-state index contributed by atoms with van der Waals surface area (Å²) in [6.07, 6.45) is 0. The van der Waals surface area contributed by atoms with E-state index in [2.05, 4.69) is 10.3 Å². The molecule has 5 heteroatoms. The summed E-state index contributed by atoms with van der Waals surface area (Å²) in [5.41, 5.74) is 1.81. The van der Waals surface area contributed by atoms with Crippen molar-refractivity contribution in [3.63, 3.8) is 0 Å². The van der Waals surface area contributed by atoms with Gasteiger partial charge < -0.3 is 0 Å². The van der Waals surface area contributed by atoms with Gasteiger partial charge in [-0.1, -0.05) is 34.8 Å². The lowest BCUT2D eigenvalue weighted by atomic mass is 10.2. The Hall–Kier alpha value is -1.22. The third-order valence-electron chi connectivity index (χ3n) is 2.51. The van der Waals surface area contributed by atoms with E-state index in [4.69, 9.17) is 34.8 Å². The van der Waals surface area contributed by atoms with E-state index in [1.807, 2.05) is 43.4 Å². The summed E-state index contributed by atoms with van der Waals surface area (Å²) in [5.74, 6) is 0.812. The molecule has 0 aliphatic carbocycles. The molecule has 2 aromatic rings. The average Bonchev–Trinajstić information content (AvgIpc) is 2.37. The molecule has 2 rings (SSSR count). The summed E-state index contributed by atoms with van der Waals surface area (Å²) >= 11 is 17.9. The fourth-order valence-corrected chi connectivity index (χ4v) is 2.31. The molecule has 0 saturated heterocycles. The molecule has 0 aliphatic heterocycles. The third kappa shape index (κ3) is 3.87. The third-order valence-corrected chi connectivity index (χ3v) is 3.20. The molecule has 0 radical (unpaired) electrons. The van der Waals surface area contributed by atoms with Crippen LogP contribution in [0.3, 0.4) is 0 Å². The van der Waals surface area contributed by atoms with E-state index in [-0.39, 0.29) is 0 Å². The van der Waals surface area contributed by atoms with E-state index in [1.165, 1.54) is 0 Å². The van der Waals surface area contributed by atoms with Gasteiger partial charge in [0, 0.05) is 15.1 Å². The molecule has 0 atom stereocenters. The molecule has 2 N–H and O–H groups in total. The molecule has 0 bridgehead atoms. The minimum atomic E-state index is 0.591. The van der Waals surface area contributed by atoms with Gasteiger partial charge in [-0.15, -0.1) is 0 Å². The van der Waals surface area contributed by atoms with Crippen LogP contribution < -0.4 is 10.3 Å². The Morgan fingerprint density at radius 2 is 1.47 bits per heavy atom. The highest BCUT2D eigenvalue weighted by atomic mass is 35.5. The lowest BCUT2D eigenvalue weighted by molar-refractivity contribution is -0.419. The second-order valence-electron chi connectivity index (χ2n) is 3.92. The van der Waals surface area contributed by atoms with Gasteiger partial charge in [-0.3, -0.25) is 4.99 Å². The zero-order valence-electron chi connectivity index (χ0n) is 10.2. The van der Waals surface area contributed by atoms with Gasteiger partial charge >= 0.3 is 0 Å². The maximum atomic E-state index is 6.00. The van der Waals surface area contributed by atoms with Crippen molar-refractivity contribution in [2.75, 3.05) is 12.4 Å². The van der Waals surface area contributed by atoms with Crippen molar-refractivity contribution in [3.8, 4) is 0 Å². The molecule has 2 aromatic carbocycles. The number of nitrogens with one attached hydrogen (secondary N) is 2. The van der Waals surface area contributed by atoms with Gasteiger partial charge in [-0.05, 0) is 42.5 Å². The number of benzene rings is 2. The molecular formula is C14H12Cl3N2+. The van der Waals surface area contributed by atoms with Crippen molar-refractivity contribution < 1.29 is 4.99 Å². The zero-order chi connectivity index (χ0) is 13.8. The summed E-state index contributed by atoms with van der Waals surface area (Å²) in [4.78, 5) is 3.09. The maximum absolute atomic E-state index is 6.00. The predicted molar refractivity (Wildman–Crippen MR) is 82.5 cm³/mol. The van der Waals surface area contributed by atoms with Crippen LogP contribution in [0.25, 0.3) is 0 Å². The maximum Gasteiger partial charge on any atom is 0.279 e. The standard InChI is InChI=1S/C14H11Cl3N2/c1-18-14(9-6-11(16)8-12(17)7-9)19-13-4-2-10(15)3-5-13/h2-8H,1H3,(H,18,19)/p+1. The molecule has 0 unspecified atom stereocenters.